The third-order valence-electron chi connectivity index (χ3n) is 4.02. The Morgan fingerprint density at radius 2 is 1.74 bits per heavy atom. The van der Waals surface area contributed by atoms with Crippen LogP contribution in [0.3, 0.4) is 0 Å². The molecule has 0 bridgehead atoms. The summed E-state index contributed by atoms with van der Waals surface area (Å²) in [5.41, 5.74) is 7.19. The molecule has 3 heteroatoms. The number of nitrogens with two attached hydrogens (primary N) is 1. The van der Waals surface area contributed by atoms with Crippen LogP contribution in [0.5, 0.6) is 5.75 Å². The standard InChI is InChI=1S/C16H26N2O/c1-19-15-8-6-14(7-9-15)16(10-11-17)18-12-4-2-3-5-13-18/h6-9,16H,2-5,10-13,17H2,1H3. The monoisotopic (exact) mass is 262 g/mol. The molecule has 1 unspecified atom stereocenters. The Labute approximate surface area is 116 Å². The number of hydrogen-bond donors (Lipinski definition) is 1. The van der Waals surface area contributed by atoms with E-state index in [9.17, 15) is 0 Å². The fourth-order valence-corrected chi connectivity index (χ4v) is 2.95. The van der Waals surface area contributed by atoms with Crippen molar-refractivity contribution in [1.82, 2.24) is 4.90 Å². The van der Waals surface area contributed by atoms with Crippen molar-refractivity contribution in [3.05, 3.63) is 29.8 Å². The van der Waals surface area contributed by atoms with E-state index in [4.69, 9.17) is 10.5 Å². The number of nitrogens with zero attached hydrogens (tertiary/aromatic N) is 1. The van der Waals surface area contributed by atoms with Crippen molar-refractivity contribution in [2.45, 2.75) is 38.1 Å². The maximum atomic E-state index is 5.82. The third-order valence-corrected chi connectivity index (χ3v) is 4.02. The van der Waals surface area contributed by atoms with Crippen LogP contribution >= 0.6 is 0 Å². The van der Waals surface area contributed by atoms with E-state index in [1.165, 1.54) is 44.3 Å². The van der Waals surface area contributed by atoms with E-state index in [2.05, 4.69) is 29.2 Å². The van der Waals surface area contributed by atoms with Crippen molar-refractivity contribution in [1.29, 1.82) is 0 Å². The van der Waals surface area contributed by atoms with Crippen LogP contribution in [-0.2, 0) is 0 Å². The summed E-state index contributed by atoms with van der Waals surface area (Å²) in [5.74, 6) is 0.922. The molecule has 1 aliphatic heterocycles. The van der Waals surface area contributed by atoms with E-state index in [0.29, 0.717) is 6.04 Å². The summed E-state index contributed by atoms with van der Waals surface area (Å²) in [4.78, 5) is 2.61. The molecule has 0 aliphatic carbocycles. The minimum Gasteiger partial charge on any atom is -0.497 e. The Kier molecular flexibility index (Phi) is 5.67. The molecule has 1 atom stereocenters. The lowest BCUT2D eigenvalue weighted by Crippen LogP contribution is -2.31. The maximum absolute atomic E-state index is 5.82. The van der Waals surface area contributed by atoms with Gasteiger partial charge >= 0.3 is 0 Å². The number of hydrogen-bond acceptors (Lipinski definition) is 3. The number of likely N-dealkylation sites (tertiary alicyclic amines) is 1. The molecule has 19 heavy (non-hydrogen) atoms. The van der Waals surface area contributed by atoms with Gasteiger partial charge in [-0.05, 0) is 56.6 Å². The van der Waals surface area contributed by atoms with Gasteiger partial charge in [-0.25, -0.2) is 0 Å². The second-order valence-electron chi connectivity index (χ2n) is 5.32. The van der Waals surface area contributed by atoms with Crippen LogP contribution in [0.1, 0.15) is 43.7 Å². The van der Waals surface area contributed by atoms with Crippen molar-refractivity contribution >= 4 is 0 Å². The largest absolute Gasteiger partial charge is 0.497 e. The van der Waals surface area contributed by atoms with Gasteiger partial charge < -0.3 is 10.5 Å². The van der Waals surface area contributed by atoms with E-state index in [1.54, 1.807) is 7.11 Å². The first kappa shape index (κ1) is 14.4. The molecule has 0 spiro atoms. The first-order valence-electron chi connectivity index (χ1n) is 7.43. The van der Waals surface area contributed by atoms with E-state index in [0.717, 1.165) is 18.7 Å². The van der Waals surface area contributed by atoms with Crippen LogP contribution in [0.25, 0.3) is 0 Å². The zero-order valence-electron chi connectivity index (χ0n) is 12.0. The number of rotatable bonds is 5. The number of methoxy groups -OCH3 is 1. The predicted octanol–water partition coefficient (Wildman–Crippen LogP) is 2.96. The van der Waals surface area contributed by atoms with Crippen LogP contribution in [-0.4, -0.2) is 31.6 Å². The lowest BCUT2D eigenvalue weighted by Gasteiger charge is -2.31. The van der Waals surface area contributed by atoms with Crippen molar-refractivity contribution < 1.29 is 4.74 Å². The molecule has 3 nitrogen and oxygen atoms in total. The highest BCUT2D eigenvalue weighted by molar-refractivity contribution is 5.29. The Balaban J connectivity index is 2.12. The maximum Gasteiger partial charge on any atom is 0.118 e. The molecular weight excluding hydrogens is 236 g/mol. The van der Waals surface area contributed by atoms with Crippen molar-refractivity contribution in [3.8, 4) is 5.75 Å². The Morgan fingerprint density at radius 3 is 2.26 bits per heavy atom. The molecule has 2 rings (SSSR count). The molecule has 1 aromatic carbocycles. The quantitative estimate of drug-likeness (QED) is 0.886. The van der Waals surface area contributed by atoms with Gasteiger partial charge in [0.15, 0.2) is 0 Å². The molecule has 0 radical (unpaired) electrons. The van der Waals surface area contributed by atoms with Gasteiger partial charge in [-0.3, -0.25) is 4.90 Å². The second kappa shape index (κ2) is 7.51. The van der Waals surface area contributed by atoms with Gasteiger partial charge in [0.2, 0.25) is 0 Å². The summed E-state index contributed by atoms with van der Waals surface area (Å²) < 4.78 is 5.24. The van der Waals surface area contributed by atoms with E-state index < -0.39 is 0 Å². The molecule has 106 valence electrons. The van der Waals surface area contributed by atoms with Crippen LogP contribution in [0, 0.1) is 0 Å². The molecule has 1 aliphatic rings. The topological polar surface area (TPSA) is 38.5 Å². The highest BCUT2D eigenvalue weighted by Crippen LogP contribution is 2.28. The lowest BCUT2D eigenvalue weighted by molar-refractivity contribution is 0.197. The van der Waals surface area contributed by atoms with E-state index >= 15 is 0 Å². The van der Waals surface area contributed by atoms with Gasteiger partial charge in [0.05, 0.1) is 7.11 Å². The minimum atomic E-state index is 0.467. The van der Waals surface area contributed by atoms with E-state index in [1.807, 2.05) is 0 Å². The zero-order chi connectivity index (χ0) is 13.5. The Bertz CT molecular complexity index is 356. The second-order valence-corrected chi connectivity index (χ2v) is 5.32. The first-order valence-corrected chi connectivity index (χ1v) is 7.43. The zero-order valence-corrected chi connectivity index (χ0v) is 12.0. The molecule has 1 heterocycles. The molecule has 1 aromatic rings. The average molecular weight is 262 g/mol. The normalized spacial score (nSPS) is 18.8. The summed E-state index contributed by atoms with van der Waals surface area (Å²) in [6.07, 6.45) is 6.41. The highest BCUT2D eigenvalue weighted by atomic mass is 16.5. The third kappa shape index (κ3) is 3.95. The molecule has 0 amide bonds. The summed E-state index contributed by atoms with van der Waals surface area (Å²) in [6.45, 7) is 3.15. The smallest absolute Gasteiger partial charge is 0.118 e. The predicted molar refractivity (Wildman–Crippen MR) is 79.4 cm³/mol. The minimum absolute atomic E-state index is 0.467. The first-order chi connectivity index (χ1) is 9.35. The molecule has 1 fully saturated rings. The Hall–Kier alpha value is -1.06. The SMILES string of the molecule is COc1ccc(C(CCN)N2CCCCCC2)cc1. The van der Waals surface area contributed by atoms with Gasteiger partial charge in [0.1, 0.15) is 5.75 Å². The van der Waals surface area contributed by atoms with Crippen LogP contribution < -0.4 is 10.5 Å². The molecule has 2 N–H and O–H groups in total. The average Bonchev–Trinajstić information content (AvgIpc) is 2.74. The van der Waals surface area contributed by atoms with Gasteiger partial charge in [0, 0.05) is 6.04 Å². The van der Waals surface area contributed by atoms with Gasteiger partial charge in [0.25, 0.3) is 0 Å². The van der Waals surface area contributed by atoms with Crippen LogP contribution in [0.15, 0.2) is 24.3 Å². The van der Waals surface area contributed by atoms with Crippen LogP contribution in [0.4, 0.5) is 0 Å². The fraction of sp³-hybridized carbons (Fsp3) is 0.625. The molecule has 0 aromatic heterocycles. The fourth-order valence-electron chi connectivity index (χ4n) is 2.95. The Morgan fingerprint density at radius 1 is 1.11 bits per heavy atom. The van der Waals surface area contributed by atoms with Gasteiger partial charge in [-0.15, -0.1) is 0 Å². The van der Waals surface area contributed by atoms with Crippen molar-refractivity contribution in [2.75, 3.05) is 26.7 Å². The molecule has 1 saturated heterocycles. The number of benzene rings is 1. The molecule has 0 saturated carbocycles. The number of ether oxygens (including phenoxy) is 1. The molecular formula is C16H26N2O. The summed E-state index contributed by atoms with van der Waals surface area (Å²) in [7, 11) is 1.71. The van der Waals surface area contributed by atoms with E-state index in [-0.39, 0.29) is 0 Å². The van der Waals surface area contributed by atoms with Crippen molar-refractivity contribution in [2.24, 2.45) is 5.73 Å². The van der Waals surface area contributed by atoms with Gasteiger partial charge in [-0.2, -0.15) is 0 Å². The lowest BCUT2D eigenvalue weighted by atomic mass is 10.0. The summed E-state index contributed by atoms with van der Waals surface area (Å²) >= 11 is 0. The summed E-state index contributed by atoms with van der Waals surface area (Å²) in [5, 5.41) is 0. The van der Waals surface area contributed by atoms with Crippen LogP contribution in [0.2, 0.25) is 0 Å². The van der Waals surface area contributed by atoms with Crippen molar-refractivity contribution in [3.63, 3.8) is 0 Å². The van der Waals surface area contributed by atoms with Gasteiger partial charge in [-0.1, -0.05) is 25.0 Å². The summed E-state index contributed by atoms with van der Waals surface area (Å²) in [6, 6.07) is 8.94. The highest BCUT2D eigenvalue weighted by Gasteiger charge is 2.20.